The normalized spacial score (nSPS) is 10.5. The summed E-state index contributed by atoms with van der Waals surface area (Å²) >= 11 is 0. The van der Waals surface area contributed by atoms with Gasteiger partial charge in [-0.3, -0.25) is 4.98 Å². The van der Waals surface area contributed by atoms with Gasteiger partial charge in [0.2, 0.25) is 5.82 Å². The van der Waals surface area contributed by atoms with E-state index in [-0.39, 0.29) is 0 Å². The maximum atomic E-state index is 5.30. The Kier molecular flexibility index (Phi) is 5.20. The molecule has 0 saturated carbocycles. The number of hydrogen-bond donors (Lipinski definition) is 1. The second-order valence-corrected chi connectivity index (χ2v) is 6.12. The van der Waals surface area contributed by atoms with Crippen molar-refractivity contribution in [2.45, 2.75) is 6.54 Å². The van der Waals surface area contributed by atoms with Gasteiger partial charge in [0.1, 0.15) is 17.1 Å². The topological polar surface area (TPSA) is 72.8 Å². The minimum Gasteiger partial charge on any atom is -0.497 e. The van der Waals surface area contributed by atoms with Gasteiger partial charge in [-0.15, -0.1) is 10.2 Å². The van der Waals surface area contributed by atoms with E-state index in [0.29, 0.717) is 29.6 Å². The molecule has 0 aliphatic rings. The van der Waals surface area contributed by atoms with E-state index in [9.17, 15) is 0 Å². The fourth-order valence-electron chi connectivity index (χ4n) is 2.81. The molecule has 0 fully saturated rings. The molecular weight excluding hydrogens is 350 g/mol. The highest BCUT2D eigenvalue weighted by molar-refractivity contribution is 5.72. The highest BCUT2D eigenvalue weighted by Gasteiger charge is 2.13. The Morgan fingerprint density at radius 1 is 0.893 bits per heavy atom. The van der Waals surface area contributed by atoms with Crippen molar-refractivity contribution in [3.05, 3.63) is 84.6 Å². The van der Waals surface area contributed by atoms with Gasteiger partial charge in [0.15, 0.2) is 5.82 Å². The van der Waals surface area contributed by atoms with Crippen LogP contribution in [0.15, 0.2) is 79.0 Å². The van der Waals surface area contributed by atoms with Crippen molar-refractivity contribution in [1.82, 2.24) is 20.2 Å². The zero-order chi connectivity index (χ0) is 19.2. The third-order valence-corrected chi connectivity index (χ3v) is 4.22. The summed E-state index contributed by atoms with van der Waals surface area (Å²) in [6.45, 7) is 0.581. The smallest absolute Gasteiger partial charge is 0.202 e. The Balaban J connectivity index is 1.69. The number of anilines is 1. The van der Waals surface area contributed by atoms with Gasteiger partial charge in [0.25, 0.3) is 0 Å². The number of rotatable bonds is 6. The van der Waals surface area contributed by atoms with Crippen molar-refractivity contribution in [3.8, 4) is 28.5 Å². The molecule has 2 aromatic heterocycles. The molecular formula is C22H19N5O. The molecule has 0 saturated heterocycles. The largest absolute Gasteiger partial charge is 0.497 e. The van der Waals surface area contributed by atoms with Gasteiger partial charge < -0.3 is 10.1 Å². The fraction of sp³-hybridized carbons (Fsp3) is 0.0909. The molecule has 138 valence electrons. The number of hydrogen-bond acceptors (Lipinski definition) is 6. The average Bonchev–Trinajstić information content (AvgIpc) is 2.79. The summed E-state index contributed by atoms with van der Waals surface area (Å²) in [4.78, 5) is 9.02. The van der Waals surface area contributed by atoms with Gasteiger partial charge in [-0.2, -0.15) is 0 Å². The maximum absolute atomic E-state index is 5.30. The molecule has 0 bridgehead atoms. The van der Waals surface area contributed by atoms with E-state index in [1.807, 2.05) is 72.8 Å². The third-order valence-electron chi connectivity index (χ3n) is 4.22. The fourth-order valence-corrected chi connectivity index (χ4v) is 2.81. The number of benzene rings is 2. The Morgan fingerprint density at radius 2 is 1.75 bits per heavy atom. The van der Waals surface area contributed by atoms with Gasteiger partial charge in [-0.05, 0) is 29.8 Å². The monoisotopic (exact) mass is 369 g/mol. The molecule has 6 heteroatoms. The Hall–Kier alpha value is -3.80. The van der Waals surface area contributed by atoms with Crippen LogP contribution in [0.25, 0.3) is 22.8 Å². The number of nitrogens with zero attached hydrogens (tertiary/aromatic N) is 4. The van der Waals surface area contributed by atoms with Gasteiger partial charge in [0, 0.05) is 18.3 Å². The zero-order valence-electron chi connectivity index (χ0n) is 15.4. The molecule has 0 spiro atoms. The van der Waals surface area contributed by atoms with Crippen LogP contribution in [0.2, 0.25) is 0 Å². The first-order chi connectivity index (χ1) is 13.8. The van der Waals surface area contributed by atoms with Crippen LogP contribution < -0.4 is 10.1 Å². The Labute approximate surface area is 163 Å². The SMILES string of the molecule is COc1cccc(CNc2nc(-c3ccccn3)nnc2-c2ccccc2)c1. The average molecular weight is 369 g/mol. The number of ether oxygens (including phenoxy) is 1. The standard InChI is InChI=1S/C22H19N5O/c1-28-18-11-7-8-16(14-18)15-24-22-20(17-9-3-2-4-10-17)26-27-21(25-22)19-12-5-6-13-23-19/h2-14H,15H2,1H3,(H,24,25,27). The van der Waals surface area contributed by atoms with Crippen LogP contribution in [-0.2, 0) is 6.54 Å². The summed E-state index contributed by atoms with van der Waals surface area (Å²) in [6.07, 6.45) is 1.72. The van der Waals surface area contributed by atoms with Crippen LogP contribution in [0.5, 0.6) is 5.75 Å². The lowest BCUT2D eigenvalue weighted by molar-refractivity contribution is 0.414. The summed E-state index contributed by atoms with van der Waals surface area (Å²) in [6, 6.07) is 23.4. The van der Waals surface area contributed by atoms with Crippen LogP contribution in [0.4, 0.5) is 5.82 Å². The minimum atomic E-state index is 0.480. The molecule has 0 unspecified atom stereocenters. The van der Waals surface area contributed by atoms with E-state index >= 15 is 0 Å². The van der Waals surface area contributed by atoms with Crippen molar-refractivity contribution in [2.75, 3.05) is 12.4 Å². The number of aromatic nitrogens is 4. The second kappa shape index (κ2) is 8.26. The maximum Gasteiger partial charge on any atom is 0.202 e. The van der Waals surface area contributed by atoms with E-state index in [2.05, 4.69) is 20.5 Å². The van der Waals surface area contributed by atoms with Gasteiger partial charge in [-0.1, -0.05) is 48.5 Å². The second-order valence-electron chi connectivity index (χ2n) is 6.12. The van der Waals surface area contributed by atoms with Gasteiger partial charge in [0.05, 0.1) is 7.11 Å². The highest BCUT2D eigenvalue weighted by Crippen LogP contribution is 2.26. The molecule has 2 aromatic carbocycles. The molecule has 0 radical (unpaired) electrons. The van der Waals surface area contributed by atoms with E-state index in [1.54, 1.807) is 13.3 Å². The summed E-state index contributed by atoms with van der Waals surface area (Å²) in [5.74, 6) is 1.95. The summed E-state index contributed by atoms with van der Waals surface area (Å²) < 4.78 is 5.30. The molecule has 4 aromatic rings. The van der Waals surface area contributed by atoms with Crippen LogP contribution in [0.3, 0.4) is 0 Å². The first kappa shape index (κ1) is 17.6. The third kappa shape index (κ3) is 3.96. The molecule has 28 heavy (non-hydrogen) atoms. The Morgan fingerprint density at radius 3 is 2.54 bits per heavy atom. The van der Waals surface area contributed by atoms with Crippen molar-refractivity contribution in [2.24, 2.45) is 0 Å². The van der Waals surface area contributed by atoms with Gasteiger partial charge in [-0.25, -0.2) is 4.98 Å². The van der Waals surface area contributed by atoms with Crippen LogP contribution in [-0.4, -0.2) is 27.3 Å². The molecule has 0 amide bonds. The minimum absolute atomic E-state index is 0.480. The number of methoxy groups -OCH3 is 1. The molecule has 4 rings (SSSR count). The van der Waals surface area contributed by atoms with Crippen molar-refractivity contribution >= 4 is 5.82 Å². The molecule has 1 N–H and O–H groups in total. The van der Waals surface area contributed by atoms with Crippen molar-refractivity contribution in [1.29, 1.82) is 0 Å². The van der Waals surface area contributed by atoms with E-state index in [1.165, 1.54) is 0 Å². The Bertz CT molecular complexity index is 1050. The molecule has 0 atom stereocenters. The van der Waals surface area contributed by atoms with E-state index in [4.69, 9.17) is 9.72 Å². The van der Waals surface area contributed by atoms with Crippen molar-refractivity contribution in [3.63, 3.8) is 0 Å². The molecule has 2 heterocycles. The quantitative estimate of drug-likeness (QED) is 0.549. The lowest BCUT2D eigenvalue weighted by Gasteiger charge is -2.12. The lowest BCUT2D eigenvalue weighted by Crippen LogP contribution is -2.07. The predicted molar refractivity (Wildman–Crippen MR) is 109 cm³/mol. The zero-order valence-corrected chi connectivity index (χ0v) is 15.4. The number of pyridine rings is 1. The predicted octanol–water partition coefficient (Wildman–Crippen LogP) is 4.22. The first-order valence-electron chi connectivity index (χ1n) is 8.92. The summed E-state index contributed by atoms with van der Waals surface area (Å²) in [7, 11) is 1.66. The van der Waals surface area contributed by atoms with E-state index in [0.717, 1.165) is 16.9 Å². The van der Waals surface area contributed by atoms with E-state index < -0.39 is 0 Å². The van der Waals surface area contributed by atoms with Crippen LogP contribution in [0, 0.1) is 0 Å². The first-order valence-corrected chi connectivity index (χ1v) is 8.92. The van der Waals surface area contributed by atoms with Crippen LogP contribution in [0.1, 0.15) is 5.56 Å². The molecule has 6 nitrogen and oxygen atoms in total. The number of nitrogens with one attached hydrogen (secondary N) is 1. The van der Waals surface area contributed by atoms with Gasteiger partial charge >= 0.3 is 0 Å². The molecule has 0 aliphatic heterocycles. The van der Waals surface area contributed by atoms with Crippen LogP contribution >= 0.6 is 0 Å². The summed E-state index contributed by atoms with van der Waals surface area (Å²) in [5.41, 5.74) is 3.40. The highest BCUT2D eigenvalue weighted by atomic mass is 16.5. The lowest BCUT2D eigenvalue weighted by atomic mass is 10.1. The molecule has 0 aliphatic carbocycles. The van der Waals surface area contributed by atoms with Crippen molar-refractivity contribution < 1.29 is 4.74 Å². The summed E-state index contributed by atoms with van der Waals surface area (Å²) in [5, 5.41) is 12.1.